The number of hydrogen-bond acceptors (Lipinski definition) is 1. The van der Waals surface area contributed by atoms with Crippen LogP contribution in [0.4, 0.5) is 0 Å². The first kappa shape index (κ1) is 40.6. The Balaban J connectivity index is 0. The molecule has 0 saturated carbocycles. The predicted octanol–water partition coefficient (Wildman–Crippen LogP) is 13.7. The molecule has 0 aliphatic carbocycles. The minimum Gasteiger partial charge on any atom is -0.323 e. The molecule has 0 saturated heterocycles. The molecule has 0 radical (unpaired) electrons. The van der Waals surface area contributed by atoms with Gasteiger partial charge >= 0.3 is 0 Å². The lowest BCUT2D eigenvalue weighted by Gasteiger charge is -2.09. The van der Waals surface area contributed by atoms with Gasteiger partial charge < -0.3 is 5.32 Å². The van der Waals surface area contributed by atoms with Crippen molar-refractivity contribution in [1.82, 2.24) is 5.32 Å². The van der Waals surface area contributed by atoms with Gasteiger partial charge in [-0.05, 0) is 26.9 Å². The zero-order valence-electron chi connectivity index (χ0n) is 27.4. The standard InChI is InChI=1S/C34H69Br.C2H7N/c1-3-5-7-9-11-13-15-17-19-21-23-25-27-29-31-33-34(35)32-30-28-26-24-22-20-18-16-14-12-10-8-6-4-2;1-3-2/h34H,3-33H2,1-2H3;3H,1-2H3. The van der Waals surface area contributed by atoms with Crippen LogP contribution in [-0.2, 0) is 0 Å². The van der Waals surface area contributed by atoms with Crippen molar-refractivity contribution >= 4 is 15.9 Å². The van der Waals surface area contributed by atoms with Gasteiger partial charge in [-0.25, -0.2) is 0 Å². The molecule has 2 heteroatoms. The molecule has 1 nitrogen and oxygen atoms in total. The molecule has 0 fully saturated rings. The molecule has 0 rings (SSSR count). The fraction of sp³-hybridized carbons (Fsp3) is 1.00. The molecule has 0 aliphatic rings. The summed E-state index contributed by atoms with van der Waals surface area (Å²) in [7, 11) is 3.75. The van der Waals surface area contributed by atoms with Crippen LogP contribution < -0.4 is 5.32 Å². The maximum atomic E-state index is 3.96. The number of hydrogen-bond donors (Lipinski definition) is 1. The zero-order valence-corrected chi connectivity index (χ0v) is 29.0. The topological polar surface area (TPSA) is 12.0 Å². The third-order valence-corrected chi connectivity index (χ3v) is 8.91. The average molecular weight is 603 g/mol. The Labute approximate surface area is 252 Å². The minimum absolute atomic E-state index is 0.779. The van der Waals surface area contributed by atoms with Crippen LogP contribution in [0.15, 0.2) is 0 Å². The molecular formula is C36H76BrN. The van der Waals surface area contributed by atoms with E-state index in [1.165, 1.54) is 199 Å². The van der Waals surface area contributed by atoms with E-state index in [1.54, 1.807) is 0 Å². The van der Waals surface area contributed by atoms with Crippen LogP contribution >= 0.6 is 15.9 Å². The third-order valence-electron chi connectivity index (χ3n) is 7.99. The smallest absolute Gasteiger partial charge is 0.0145 e. The van der Waals surface area contributed by atoms with Crippen molar-refractivity contribution in [1.29, 1.82) is 0 Å². The zero-order chi connectivity index (χ0) is 28.2. The molecule has 38 heavy (non-hydrogen) atoms. The Hall–Kier alpha value is 0.440. The van der Waals surface area contributed by atoms with Crippen molar-refractivity contribution < 1.29 is 0 Å². The third kappa shape index (κ3) is 40.9. The van der Waals surface area contributed by atoms with Gasteiger partial charge in [0.25, 0.3) is 0 Å². The highest BCUT2D eigenvalue weighted by Crippen LogP contribution is 2.20. The second kappa shape index (κ2) is 39.6. The summed E-state index contributed by atoms with van der Waals surface area (Å²) in [6.45, 7) is 4.61. The molecule has 0 heterocycles. The lowest BCUT2D eigenvalue weighted by atomic mass is 10.0. The van der Waals surface area contributed by atoms with Gasteiger partial charge in [-0.2, -0.15) is 0 Å². The second-order valence-corrected chi connectivity index (χ2v) is 13.5. The first-order valence-corrected chi connectivity index (χ1v) is 18.9. The molecule has 0 spiro atoms. The molecular weight excluding hydrogens is 526 g/mol. The van der Waals surface area contributed by atoms with E-state index in [0.29, 0.717) is 0 Å². The fourth-order valence-corrected chi connectivity index (χ4v) is 6.09. The number of rotatable bonds is 31. The van der Waals surface area contributed by atoms with Gasteiger partial charge in [0.05, 0.1) is 0 Å². The van der Waals surface area contributed by atoms with Crippen molar-refractivity contribution in [3.05, 3.63) is 0 Å². The molecule has 0 amide bonds. The van der Waals surface area contributed by atoms with Crippen LogP contribution in [0.3, 0.4) is 0 Å². The maximum absolute atomic E-state index is 3.96. The highest BCUT2D eigenvalue weighted by molar-refractivity contribution is 9.09. The summed E-state index contributed by atoms with van der Waals surface area (Å²) in [5.41, 5.74) is 0. The lowest BCUT2D eigenvalue weighted by Crippen LogP contribution is -1.98. The molecule has 1 unspecified atom stereocenters. The summed E-state index contributed by atoms with van der Waals surface area (Å²) in [5, 5.41) is 2.75. The van der Waals surface area contributed by atoms with Gasteiger partial charge in [-0.3, -0.25) is 0 Å². The Kier molecular flexibility index (Phi) is 42.3. The lowest BCUT2D eigenvalue weighted by molar-refractivity contribution is 0.517. The summed E-state index contributed by atoms with van der Waals surface area (Å²) in [6, 6.07) is 0. The van der Waals surface area contributed by atoms with Crippen LogP contribution in [-0.4, -0.2) is 18.9 Å². The van der Waals surface area contributed by atoms with Gasteiger partial charge in [0.1, 0.15) is 0 Å². The van der Waals surface area contributed by atoms with Crippen molar-refractivity contribution in [2.24, 2.45) is 0 Å². The molecule has 1 N–H and O–H groups in total. The minimum atomic E-state index is 0.779. The van der Waals surface area contributed by atoms with Gasteiger partial charge in [-0.1, -0.05) is 216 Å². The molecule has 232 valence electrons. The van der Waals surface area contributed by atoms with E-state index in [2.05, 4.69) is 35.1 Å². The molecule has 0 aromatic carbocycles. The van der Waals surface area contributed by atoms with E-state index < -0.39 is 0 Å². The number of halogens is 1. The summed E-state index contributed by atoms with van der Waals surface area (Å²) >= 11 is 3.96. The van der Waals surface area contributed by atoms with Crippen molar-refractivity contribution in [3.8, 4) is 0 Å². The average Bonchev–Trinajstić information content (AvgIpc) is 2.91. The Morgan fingerprint density at radius 1 is 0.342 bits per heavy atom. The molecule has 0 aromatic heterocycles. The van der Waals surface area contributed by atoms with Gasteiger partial charge in [0.15, 0.2) is 0 Å². The summed E-state index contributed by atoms with van der Waals surface area (Å²) < 4.78 is 0. The van der Waals surface area contributed by atoms with Crippen LogP contribution in [0.2, 0.25) is 0 Å². The molecule has 0 aromatic rings. The summed E-state index contributed by atoms with van der Waals surface area (Å²) in [6.07, 6.45) is 45.2. The highest BCUT2D eigenvalue weighted by Gasteiger charge is 2.04. The first-order valence-electron chi connectivity index (χ1n) is 17.9. The molecule has 0 bridgehead atoms. The van der Waals surface area contributed by atoms with E-state index in [1.807, 2.05) is 14.1 Å². The van der Waals surface area contributed by atoms with Crippen LogP contribution in [0.5, 0.6) is 0 Å². The number of nitrogens with one attached hydrogen (secondary N) is 1. The summed E-state index contributed by atoms with van der Waals surface area (Å²) in [4.78, 5) is 0.779. The quantitative estimate of drug-likeness (QED) is 0.0615. The van der Waals surface area contributed by atoms with Crippen molar-refractivity contribution in [2.75, 3.05) is 14.1 Å². The SMILES string of the molecule is CCCCCCCCCCCCCCCCCC(Br)CCCCCCCCCCCCCCCC.CNC. The van der Waals surface area contributed by atoms with Crippen molar-refractivity contribution in [2.45, 2.75) is 218 Å². The highest BCUT2D eigenvalue weighted by atomic mass is 79.9. The predicted molar refractivity (Wildman–Crippen MR) is 182 cm³/mol. The van der Waals surface area contributed by atoms with E-state index >= 15 is 0 Å². The van der Waals surface area contributed by atoms with Crippen molar-refractivity contribution in [3.63, 3.8) is 0 Å². The van der Waals surface area contributed by atoms with Gasteiger partial charge in [-0.15, -0.1) is 0 Å². The van der Waals surface area contributed by atoms with Gasteiger partial charge in [0, 0.05) is 4.83 Å². The van der Waals surface area contributed by atoms with Crippen LogP contribution in [0.1, 0.15) is 213 Å². The normalized spacial score (nSPS) is 11.9. The number of alkyl halides is 1. The van der Waals surface area contributed by atoms with E-state index in [0.717, 1.165) is 4.83 Å². The van der Waals surface area contributed by atoms with Gasteiger partial charge in [0.2, 0.25) is 0 Å². The first-order chi connectivity index (χ1) is 18.7. The molecule has 1 atom stereocenters. The second-order valence-electron chi connectivity index (χ2n) is 12.2. The Bertz CT molecular complexity index is 372. The molecule has 0 aliphatic heterocycles. The Morgan fingerprint density at radius 2 is 0.500 bits per heavy atom. The summed E-state index contributed by atoms with van der Waals surface area (Å²) in [5.74, 6) is 0. The van der Waals surface area contributed by atoms with Crippen LogP contribution in [0.25, 0.3) is 0 Å². The number of unbranched alkanes of at least 4 members (excludes halogenated alkanes) is 27. The Morgan fingerprint density at radius 3 is 0.684 bits per heavy atom. The van der Waals surface area contributed by atoms with Crippen LogP contribution in [0, 0.1) is 0 Å². The van der Waals surface area contributed by atoms with E-state index in [9.17, 15) is 0 Å². The van der Waals surface area contributed by atoms with E-state index in [-0.39, 0.29) is 0 Å². The maximum Gasteiger partial charge on any atom is 0.0145 e. The fourth-order valence-electron chi connectivity index (χ4n) is 5.44. The monoisotopic (exact) mass is 602 g/mol. The largest absolute Gasteiger partial charge is 0.323 e. The van der Waals surface area contributed by atoms with E-state index in [4.69, 9.17) is 0 Å².